The van der Waals surface area contributed by atoms with Gasteiger partial charge in [-0.15, -0.1) is 11.3 Å². The van der Waals surface area contributed by atoms with Crippen LogP contribution in [0.3, 0.4) is 0 Å². The number of rotatable bonds is 4. The SMILES string of the molecule is CNc1csc(C2CCN(C=Cn3nc(C(F)(F)F)cc3C(F)(F)F)CC2)n1. The zero-order chi connectivity index (χ0) is 20.5. The van der Waals surface area contributed by atoms with E-state index < -0.39 is 23.7 Å². The molecule has 0 spiro atoms. The molecule has 1 fully saturated rings. The number of nitrogens with one attached hydrogen (secondary N) is 1. The quantitative estimate of drug-likeness (QED) is 0.720. The largest absolute Gasteiger partial charge is 0.435 e. The number of halogens is 6. The predicted octanol–water partition coefficient (Wildman–Crippen LogP) is 4.73. The summed E-state index contributed by atoms with van der Waals surface area (Å²) in [5, 5.41) is 8.92. The van der Waals surface area contributed by atoms with Crippen LogP contribution in [0.15, 0.2) is 17.6 Å². The maximum absolute atomic E-state index is 13.0. The Bertz CT molecular complexity index is 829. The molecule has 154 valence electrons. The van der Waals surface area contributed by atoms with Crippen molar-refractivity contribution in [2.24, 2.45) is 0 Å². The van der Waals surface area contributed by atoms with Crippen molar-refractivity contribution in [3.05, 3.63) is 34.0 Å². The number of aromatic nitrogens is 3. The van der Waals surface area contributed by atoms with Gasteiger partial charge in [0.05, 0.1) is 5.01 Å². The highest BCUT2D eigenvalue weighted by atomic mass is 32.1. The lowest BCUT2D eigenvalue weighted by Gasteiger charge is -2.30. The van der Waals surface area contributed by atoms with Crippen molar-refractivity contribution in [3.63, 3.8) is 0 Å². The van der Waals surface area contributed by atoms with E-state index >= 15 is 0 Å². The number of alkyl halides is 6. The van der Waals surface area contributed by atoms with Crippen molar-refractivity contribution in [1.82, 2.24) is 19.7 Å². The Morgan fingerprint density at radius 1 is 1.11 bits per heavy atom. The Balaban J connectivity index is 1.68. The smallest absolute Gasteiger partial charge is 0.376 e. The summed E-state index contributed by atoms with van der Waals surface area (Å²) in [7, 11) is 1.78. The van der Waals surface area contributed by atoms with Gasteiger partial charge < -0.3 is 10.2 Å². The molecule has 5 nitrogen and oxygen atoms in total. The van der Waals surface area contributed by atoms with Crippen LogP contribution in [0.4, 0.5) is 32.2 Å². The third kappa shape index (κ3) is 4.59. The van der Waals surface area contributed by atoms with E-state index in [0.29, 0.717) is 13.1 Å². The first-order chi connectivity index (χ1) is 13.1. The van der Waals surface area contributed by atoms with Crippen molar-refractivity contribution in [2.75, 3.05) is 25.5 Å². The Kier molecular flexibility index (Phi) is 5.60. The van der Waals surface area contributed by atoms with Crippen LogP contribution >= 0.6 is 11.3 Å². The topological polar surface area (TPSA) is 46.0 Å². The van der Waals surface area contributed by atoms with Crippen LogP contribution in [0.5, 0.6) is 0 Å². The zero-order valence-electron chi connectivity index (χ0n) is 14.7. The summed E-state index contributed by atoms with van der Waals surface area (Å²) >= 11 is 1.55. The summed E-state index contributed by atoms with van der Waals surface area (Å²) in [6.07, 6.45) is -6.12. The third-order valence-corrected chi connectivity index (χ3v) is 5.40. The molecule has 0 bridgehead atoms. The molecule has 0 aliphatic carbocycles. The Morgan fingerprint density at radius 3 is 2.32 bits per heavy atom. The summed E-state index contributed by atoms with van der Waals surface area (Å²) in [5.74, 6) is 1.05. The Morgan fingerprint density at radius 2 is 1.79 bits per heavy atom. The van der Waals surface area contributed by atoms with Gasteiger partial charge in [-0.05, 0) is 12.8 Å². The number of thiazole rings is 1. The normalized spacial score (nSPS) is 16.9. The van der Waals surface area contributed by atoms with E-state index in [9.17, 15) is 26.3 Å². The molecule has 1 saturated heterocycles. The molecule has 0 amide bonds. The molecule has 0 atom stereocenters. The number of nitrogens with zero attached hydrogens (tertiary/aromatic N) is 4. The highest BCUT2D eigenvalue weighted by molar-refractivity contribution is 7.10. The fraction of sp³-hybridized carbons (Fsp3) is 0.500. The lowest BCUT2D eigenvalue weighted by molar-refractivity contribution is -0.143. The van der Waals surface area contributed by atoms with Gasteiger partial charge >= 0.3 is 12.4 Å². The maximum atomic E-state index is 13.0. The summed E-state index contributed by atoms with van der Waals surface area (Å²) in [6.45, 7) is 1.12. The van der Waals surface area contributed by atoms with E-state index in [4.69, 9.17) is 0 Å². The summed E-state index contributed by atoms with van der Waals surface area (Å²) in [6, 6.07) is 0.0123. The van der Waals surface area contributed by atoms with Gasteiger partial charge in [-0.2, -0.15) is 31.4 Å². The molecule has 3 rings (SSSR count). The molecule has 2 aromatic heterocycles. The van der Waals surface area contributed by atoms with Crippen LogP contribution in [0, 0.1) is 0 Å². The summed E-state index contributed by atoms with van der Waals surface area (Å²) in [4.78, 5) is 6.22. The lowest BCUT2D eigenvalue weighted by Crippen LogP contribution is -2.28. The second-order valence-electron chi connectivity index (χ2n) is 6.28. The van der Waals surface area contributed by atoms with Gasteiger partial charge in [-0.25, -0.2) is 9.67 Å². The molecule has 28 heavy (non-hydrogen) atoms. The summed E-state index contributed by atoms with van der Waals surface area (Å²) in [5.41, 5.74) is -3.04. The van der Waals surface area contributed by atoms with Gasteiger partial charge in [0.25, 0.3) is 0 Å². The molecule has 1 N–H and O–H groups in total. The summed E-state index contributed by atoms with van der Waals surface area (Å²) < 4.78 is 77.4. The molecule has 3 heterocycles. The molecule has 0 saturated carbocycles. The number of anilines is 1. The van der Waals surface area contributed by atoms with E-state index in [-0.39, 0.29) is 16.7 Å². The molecular weight excluding hydrogens is 408 g/mol. The molecule has 2 aromatic rings. The standard InChI is InChI=1S/C16H17F6N5S/c1-23-13-9-28-14(24-13)10-2-4-26(5-3-10)6-7-27-12(16(20,21)22)8-11(25-27)15(17,18)19/h6-10,23H,2-5H2,1H3. The highest BCUT2D eigenvalue weighted by Gasteiger charge is 2.41. The van der Waals surface area contributed by atoms with Crippen LogP contribution in [-0.4, -0.2) is 39.8 Å². The minimum atomic E-state index is -4.95. The number of piperidine rings is 1. The third-order valence-electron chi connectivity index (χ3n) is 4.39. The van der Waals surface area contributed by atoms with Gasteiger partial charge in [-0.3, -0.25) is 0 Å². The van der Waals surface area contributed by atoms with E-state index in [0.717, 1.165) is 29.9 Å². The molecule has 1 aliphatic heterocycles. The van der Waals surface area contributed by atoms with Gasteiger partial charge in [-0.1, -0.05) is 0 Å². The van der Waals surface area contributed by atoms with Crippen LogP contribution in [-0.2, 0) is 12.4 Å². The first kappa shape index (κ1) is 20.5. The van der Waals surface area contributed by atoms with Crippen LogP contribution in [0.25, 0.3) is 6.20 Å². The van der Waals surface area contributed by atoms with E-state index in [2.05, 4.69) is 15.4 Å². The van der Waals surface area contributed by atoms with Crippen LogP contribution in [0.2, 0.25) is 0 Å². The van der Waals surface area contributed by atoms with E-state index in [1.807, 2.05) is 5.38 Å². The molecule has 0 aromatic carbocycles. The van der Waals surface area contributed by atoms with E-state index in [1.54, 1.807) is 23.3 Å². The first-order valence-corrected chi connectivity index (χ1v) is 9.25. The molecule has 12 heteroatoms. The van der Waals surface area contributed by atoms with Gasteiger partial charge in [0, 0.05) is 49.9 Å². The molecule has 0 radical (unpaired) electrons. The average molecular weight is 425 g/mol. The van der Waals surface area contributed by atoms with Crippen molar-refractivity contribution in [3.8, 4) is 0 Å². The zero-order valence-corrected chi connectivity index (χ0v) is 15.5. The first-order valence-electron chi connectivity index (χ1n) is 8.37. The van der Waals surface area contributed by atoms with Crippen LogP contribution < -0.4 is 5.32 Å². The van der Waals surface area contributed by atoms with Crippen molar-refractivity contribution >= 4 is 23.4 Å². The predicted molar refractivity (Wildman–Crippen MR) is 92.8 cm³/mol. The maximum Gasteiger partial charge on any atom is 0.435 e. The number of hydrogen-bond donors (Lipinski definition) is 1. The van der Waals surface area contributed by atoms with E-state index in [1.165, 1.54) is 6.20 Å². The van der Waals surface area contributed by atoms with Crippen molar-refractivity contribution in [1.29, 1.82) is 0 Å². The molecule has 0 unspecified atom stereocenters. The van der Waals surface area contributed by atoms with Gasteiger partial charge in [0.1, 0.15) is 11.5 Å². The fourth-order valence-electron chi connectivity index (χ4n) is 2.90. The molecular formula is C16H17F6N5S. The second kappa shape index (κ2) is 7.64. The monoisotopic (exact) mass is 425 g/mol. The van der Waals surface area contributed by atoms with Gasteiger partial charge in [0.2, 0.25) is 0 Å². The minimum absolute atomic E-state index is 0.0123. The minimum Gasteiger partial charge on any atom is -0.376 e. The van der Waals surface area contributed by atoms with Gasteiger partial charge in [0.15, 0.2) is 5.69 Å². The fourth-order valence-corrected chi connectivity index (χ4v) is 3.88. The van der Waals surface area contributed by atoms with Crippen LogP contribution in [0.1, 0.15) is 35.2 Å². The number of hydrogen-bond acceptors (Lipinski definition) is 5. The average Bonchev–Trinajstić information content (AvgIpc) is 3.27. The highest BCUT2D eigenvalue weighted by Crippen LogP contribution is 2.35. The van der Waals surface area contributed by atoms with Crippen molar-refractivity contribution < 1.29 is 26.3 Å². The van der Waals surface area contributed by atoms with Crippen molar-refractivity contribution in [2.45, 2.75) is 31.1 Å². The Hall–Kier alpha value is -2.24. The molecule has 1 aliphatic rings. The number of likely N-dealkylation sites (tertiary alicyclic amines) is 1. The Labute approximate surface area is 160 Å². The lowest BCUT2D eigenvalue weighted by atomic mass is 9.98. The second-order valence-corrected chi connectivity index (χ2v) is 7.17.